The van der Waals surface area contributed by atoms with Crippen molar-refractivity contribution >= 4 is 21.7 Å². The topological polar surface area (TPSA) is 102 Å². The van der Waals surface area contributed by atoms with Crippen LogP contribution in [0.2, 0.25) is 0 Å². The van der Waals surface area contributed by atoms with Crippen LogP contribution in [0.3, 0.4) is 0 Å². The molecule has 0 spiro atoms. The lowest BCUT2D eigenvalue weighted by Crippen LogP contribution is -2.18. The molecule has 2 N–H and O–H groups in total. The minimum atomic E-state index is -3.39. The summed E-state index contributed by atoms with van der Waals surface area (Å²) in [5.41, 5.74) is 7.37. The van der Waals surface area contributed by atoms with Gasteiger partial charge in [0.1, 0.15) is 5.75 Å². The van der Waals surface area contributed by atoms with Crippen LogP contribution in [0.1, 0.15) is 17.0 Å². The molecule has 118 valence electrons. The minimum Gasteiger partial charge on any atom is -0.368 e. The number of aromatic nitrogens is 3. The molecule has 0 fully saturated rings. The zero-order valence-corrected chi connectivity index (χ0v) is 13.6. The molecular weight excluding hydrogens is 302 g/mol. The summed E-state index contributed by atoms with van der Waals surface area (Å²) in [6.07, 6.45) is 0. The van der Waals surface area contributed by atoms with E-state index in [0.29, 0.717) is 5.95 Å². The van der Waals surface area contributed by atoms with Crippen molar-refractivity contribution in [2.24, 2.45) is 0 Å². The van der Waals surface area contributed by atoms with E-state index < -0.39 is 9.84 Å². The minimum absolute atomic E-state index is 0.0134. The van der Waals surface area contributed by atoms with Crippen LogP contribution in [-0.2, 0) is 21.3 Å². The molecule has 0 aliphatic rings. The third-order valence-corrected chi connectivity index (χ3v) is 4.38. The van der Waals surface area contributed by atoms with Crippen LogP contribution in [0.5, 0.6) is 0 Å². The second-order valence-electron chi connectivity index (χ2n) is 5.33. The van der Waals surface area contributed by atoms with Crippen LogP contribution >= 0.6 is 0 Å². The van der Waals surface area contributed by atoms with Crippen LogP contribution in [-0.4, -0.2) is 37.5 Å². The van der Waals surface area contributed by atoms with Gasteiger partial charge in [0.25, 0.3) is 0 Å². The number of anilines is 2. The van der Waals surface area contributed by atoms with Crippen LogP contribution in [0.4, 0.5) is 11.9 Å². The van der Waals surface area contributed by atoms with Gasteiger partial charge < -0.3 is 10.6 Å². The molecule has 2 rings (SSSR count). The Kier molecular flexibility index (Phi) is 4.60. The Labute approximate surface area is 130 Å². The summed E-state index contributed by atoms with van der Waals surface area (Å²) < 4.78 is 24.6. The summed E-state index contributed by atoms with van der Waals surface area (Å²) in [6, 6.07) is 7.40. The normalized spacial score (nSPS) is 11.4. The molecule has 0 atom stereocenters. The van der Waals surface area contributed by atoms with Gasteiger partial charge in [-0.05, 0) is 12.5 Å². The molecule has 0 bridgehead atoms. The van der Waals surface area contributed by atoms with Gasteiger partial charge in [0.2, 0.25) is 11.9 Å². The maximum Gasteiger partial charge on any atom is 0.229 e. The molecule has 0 aliphatic carbocycles. The first kappa shape index (κ1) is 16.2. The van der Waals surface area contributed by atoms with E-state index in [1.807, 2.05) is 25.1 Å². The smallest absolute Gasteiger partial charge is 0.229 e. The summed E-state index contributed by atoms with van der Waals surface area (Å²) in [5, 5.41) is 0. The fraction of sp³-hybridized carbons (Fsp3) is 0.357. The number of aryl methyl sites for hydroxylation is 1. The van der Waals surface area contributed by atoms with E-state index in [9.17, 15) is 8.42 Å². The van der Waals surface area contributed by atoms with E-state index in [-0.39, 0.29) is 23.3 Å². The molecule has 1 heterocycles. The predicted octanol–water partition coefficient (Wildman–Crippen LogP) is 0.943. The number of hydrogen-bond acceptors (Lipinski definition) is 7. The third-order valence-electron chi connectivity index (χ3n) is 2.91. The predicted molar refractivity (Wildman–Crippen MR) is 86.1 cm³/mol. The zero-order chi connectivity index (χ0) is 16.3. The third kappa shape index (κ3) is 4.39. The quantitative estimate of drug-likeness (QED) is 0.874. The van der Waals surface area contributed by atoms with E-state index in [4.69, 9.17) is 5.73 Å². The van der Waals surface area contributed by atoms with Gasteiger partial charge in [0, 0.05) is 14.1 Å². The van der Waals surface area contributed by atoms with Gasteiger partial charge in [0.05, 0.1) is 5.75 Å². The first-order chi connectivity index (χ1) is 10.2. The van der Waals surface area contributed by atoms with Crippen molar-refractivity contribution in [3.05, 3.63) is 41.2 Å². The first-order valence-corrected chi connectivity index (χ1v) is 8.51. The molecule has 1 aromatic carbocycles. The number of nitrogen functional groups attached to an aromatic ring is 1. The average molecular weight is 321 g/mol. The number of rotatable bonds is 5. The fourth-order valence-electron chi connectivity index (χ4n) is 1.99. The molecule has 0 saturated heterocycles. The Morgan fingerprint density at radius 2 is 1.86 bits per heavy atom. The van der Waals surface area contributed by atoms with E-state index in [0.717, 1.165) is 11.1 Å². The Morgan fingerprint density at radius 1 is 1.14 bits per heavy atom. The van der Waals surface area contributed by atoms with E-state index in [2.05, 4.69) is 15.0 Å². The van der Waals surface area contributed by atoms with E-state index in [1.165, 1.54) is 0 Å². The Morgan fingerprint density at radius 3 is 2.50 bits per heavy atom. The molecular formula is C14H19N5O2S. The summed E-state index contributed by atoms with van der Waals surface area (Å²) in [4.78, 5) is 13.6. The summed E-state index contributed by atoms with van der Waals surface area (Å²) in [6.45, 7) is 1.92. The molecule has 0 unspecified atom stereocenters. The van der Waals surface area contributed by atoms with Gasteiger partial charge in [-0.25, -0.2) is 8.42 Å². The van der Waals surface area contributed by atoms with Gasteiger partial charge in [-0.3, -0.25) is 0 Å². The highest BCUT2D eigenvalue weighted by Crippen LogP contribution is 2.13. The highest BCUT2D eigenvalue weighted by atomic mass is 32.2. The summed E-state index contributed by atoms with van der Waals surface area (Å²) >= 11 is 0. The van der Waals surface area contributed by atoms with Crippen LogP contribution in [0.15, 0.2) is 24.3 Å². The molecule has 7 nitrogen and oxygen atoms in total. The van der Waals surface area contributed by atoms with Crippen LogP contribution < -0.4 is 10.6 Å². The van der Waals surface area contributed by atoms with Crippen molar-refractivity contribution in [2.75, 3.05) is 24.7 Å². The van der Waals surface area contributed by atoms with Gasteiger partial charge in [-0.1, -0.05) is 29.8 Å². The van der Waals surface area contributed by atoms with E-state index >= 15 is 0 Å². The Bertz CT molecular complexity index is 775. The Hall–Kier alpha value is -2.22. The molecule has 0 radical (unpaired) electrons. The largest absolute Gasteiger partial charge is 0.368 e. The molecule has 0 saturated carbocycles. The molecule has 0 aliphatic heterocycles. The van der Waals surface area contributed by atoms with Gasteiger partial charge in [-0.2, -0.15) is 15.0 Å². The average Bonchev–Trinajstić information content (AvgIpc) is 2.36. The number of sulfone groups is 1. The van der Waals surface area contributed by atoms with Crippen LogP contribution in [0, 0.1) is 6.92 Å². The van der Waals surface area contributed by atoms with Crippen molar-refractivity contribution in [3.8, 4) is 0 Å². The lowest BCUT2D eigenvalue weighted by atomic mass is 10.2. The maximum absolute atomic E-state index is 12.3. The lowest BCUT2D eigenvalue weighted by molar-refractivity contribution is 0.593. The fourth-order valence-corrected chi connectivity index (χ4v) is 3.31. The van der Waals surface area contributed by atoms with Crippen molar-refractivity contribution in [2.45, 2.75) is 18.4 Å². The van der Waals surface area contributed by atoms with Crippen molar-refractivity contribution in [1.29, 1.82) is 0 Å². The first-order valence-electron chi connectivity index (χ1n) is 6.69. The van der Waals surface area contributed by atoms with Crippen molar-refractivity contribution < 1.29 is 8.42 Å². The van der Waals surface area contributed by atoms with Crippen molar-refractivity contribution in [1.82, 2.24) is 15.0 Å². The zero-order valence-electron chi connectivity index (χ0n) is 12.8. The summed E-state index contributed by atoms with van der Waals surface area (Å²) in [5.74, 6) is 0.183. The molecule has 22 heavy (non-hydrogen) atoms. The highest BCUT2D eigenvalue weighted by Gasteiger charge is 2.17. The Balaban J connectivity index is 2.22. The molecule has 8 heteroatoms. The van der Waals surface area contributed by atoms with E-state index in [1.54, 1.807) is 25.1 Å². The van der Waals surface area contributed by atoms with Crippen molar-refractivity contribution in [3.63, 3.8) is 0 Å². The monoisotopic (exact) mass is 321 g/mol. The number of nitrogens with two attached hydrogens (primary N) is 1. The SMILES string of the molecule is Cc1cccc(CS(=O)(=O)Cc2nc(N)nc(N(C)C)n2)c1. The van der Waals surface area contributed by atoms with Crippen LogP contribution in [0.25, 0.3) is 0 Å². The van der Waals surface area contributed by atoms with Gasteiger partial charge >= 0.3 is 0 Å². The van der Waals surface area contributed by atoms with Gasteiger partial charge in [0.15, 0.2) is 15.7 Å². The second-order valence-corrected chi connectivity index (χ2v) is 7.39. The highest BCUT2D eigenvalue weighted by molar-refractivity contribution is 7.89. The van der Waals surface area contributed by atoms with Gasteiger partial charge in [-0.15, -0.1) is 0 Å². The number of benzene rings is 1. The molecule has 1 aromatic heterocycles. The molecule has 0 amide bonds. The summed E-state index contributed by atoms with van der Waals surface area (Å²) in [7, 11) is 0.109. The standard InChI is InChI=1S/C14H19N5O2S/c1-10-5-4-6-11(7-10)8-22(20,21)9-12-16-13(15)18-14(17-12)19(2)3/h4-7H,8-9H2,1-3H3,(H2,15,16,17,18). The number of hydrogen-bond donors (Lipinski definition) is 1. The second kappa shape index (κ2) is 6.27. The number of nitrogens with zero attached hydrogens (tertiary/aromatic N) is 4. The molecule has 2 aromatic rings. The lowest BCUT2D eigenvalue weighted by Gasteiger charge is -2.11. The maximum atomic E-state index is 12.3.